The fraction of sp³-hybridized carbons (Fsp3) is 0.429. The predicted octanol–water partition coefficient (Wildman–Crippen LogP) is 2.59. The van der Waals surface area contributed by atoms with Gasteiger partial charge in [0, 0.05) is 5.56 Å². The van der Waals surface area contributed by atoms with Crippen LogP contribution in [0.15, 0.2) is 36.9 Å². The lowest BCUT2D eigenvalue weighted by molar-refractivity contribution is -0.187. The van der Waals surface area contributed by atoms with E-state index >= 15 is 0 Å². The van der Waals surface area contributed by atoms with E-state index in [0.29, 0.717) is 12.2 Å². The van der Waals surface area contributed by atoms with Crippen molar-refractivity contribution in [2.24, 2.45) is 0 Å². The van der Waals surface area contributed by atoms with Crippen LogP contribution in [-0.4, -0.2) is 27.5 Å². The molecule has 0 aliphatic carbocycles. The zero-order valence-electron chi connectivity index (χ0n) is 11.7. The van der Waals surface area contributed by atoms with Gasteiger partial charge in [0.2, 0.25) is 5.79 Å². The lowest BCUT2D eigenvalue weighted by Crippen LogP contribution is -2.33. The fourth-order valence-corrected chi connectivity index (χ4v) is 2.41. The average Bonchev–Trinajstić information content (AvgIpc) is 3.09. The molecule has 0 saturated carbocycles. The Hall–Kier alpha value is -1.93. The van der Waals surface area contributed by atoms with Crippen molar-refractivity contribution in [2.45, 2.75) is 31.5 Å². The maximum absolute atomic E-state index is 12.7. The summed E-state index contributed by atoms with van der Waals surface area (Å²) in [4.78, 5) is 3.85. The molecule has 118 valence electrons. The van der Waals surface area contributed by atoms with Crippen molar-refractivity contribution >= 4 is 0 Å². The first-order valence-corrected chi connectivity index (χ1v) is 6.71. The molecule has 5 nitrogen and oxygen atoms in total. The third-order valence-electron chi connectivity index (χ3n) is 3.43. The number of ether oxygens (including phenoxy) is 2. The summed E-state index contributed by atoms with van der Waals surface area (Å²) in [6.45, 7) is 2.41. The van der Waals surface area contributed by atoms with E-state index in [1.807, 2.05) is 6.92 Å². The van der Waals surface area contributed by atoms with Crippen LogP contribution < -0.4 is 0 Å². The molecule has 2 heterocycles. The molecule has 0 bridgehead atoms. The zero-order valence-corrected chi connectivity index (χ0v) is 11.7. The van der Waals surface area contributed by atoms with E-state index in [1.54, 1.807) is 0 Å². The van der Waals surface area contributed by atoms with Crippen molar-refractivity contribution in [1.82, 2.24) is 14.8 Å². The van der Waals surface area contributed by atoms with Crippen molar-refractivity contribution in [3.8, 4) is 0 Å². The monoisotopic (exact) mass is 313 g/mol. The largest absolute Gasteiger partial charge is 0.416 e. The molecule has 1 aromatic heterocycles. The number of nitrogens with zero attached hydrogens (tertiary/aromatic N) is 3. The summed E-state index contributed by atoms with van der Waals surface area (Å²) in [5.74, 6) is -1.16. The number of halogens is 3. The highest BCUT2D eigenvalue weighted by Crippen LogP contribution is 2.37. The quantitative estimate of drug-likeness (QED) is 0.874. The Labute approximate surface area is 124 Å². The van der Waals surface area contributed by atoms with Crippen molar-refractivity contribution < 1.29 is 22.6 Å². The van der Waals surface area contributed by atoms with Gasteiger partial charge >= 0.3 is 6.18 Å². The highest BCUT2D eigenvalue weighted by Gasteiger charge is 2.43. The molecule has 2 aromatic rings. The van der Waals surface area contributed by atoms with Gasteiger partial charge < -0.3 is 9.47 Å². The highest BCUT2D eigenvalue weighted by atomic mass is 19.4. The maximum atomic E-state index is 12.7. The van der Waals surface area contributed by atoms with Crippen LogP contribution in [0, 0.1) is 0 Å². The molecule has 0 radical (unpaired) electrons. The minimum absolute atomic E-state index is 0.161. The molecular weight excluding hydrogens is 299 g/mol. The Morgan fingerprint density at radius 2 is 2.05 bits per heavy atom. The Balaban J connectivity index is 1.93. The number of hydrogen-bond donors (Lipinski definition) is 0. The summed E-state index contributed by atoms with van der Waals surface area (Å²) in [5.41, 5.74) is -0.196. The van der Waals surface area contributed by atoms with Crippen molar-refractivity contribution in [3.05, 3.63) is 48.0 Å². The predicted molar refractivity (Wildman–Crippen MR) is 69.6 cm³/mol. The number of alkyl halides is 3. The summed E-state index contributed by atoms with van der Waals surface area (Å²) < 4.78 is 51.1. The summed E-state index contributed by atoms with van der Waals surface area (Å²) in [6, 6.07) is 4.79. The standard InChI is InChI=1S/C14H14F3N3O2/c1-10-6-21-13(22-10,7-20-9-18-8-19-20)11-2-4-12(5-3-11)14(15,16)17/h2-5,8-10H,6-7H2,1H3/t10-,13+/m0/s1. The number of benzene rings is 1. The molecule has 1 aliphatic heterocycles. The van der Waals surface area contributed by atoms with Crippen LogP contribution >= 0.6 is 0 Å². The molecule has 1 aliphatic rings. The van der Waals surface area contributed by atoms with E-state index in [2.05, 4.69) is 10.1 Å². The van der Waals surface area contributed by atoms with E-state index < -0.39 is 17.5 Å². The minimum Gasteiger partial charge on any atom is -0.342 e. The zero-order chi connectivity index (χ0) is 15.8. The minimum atomic E-state index is -4.37. The number of rotatable bonds is 3. The van der Waals surface area contributed by atoms with Crippen LogP contribution in [0.5, 0.6) is 0 Å². The normalized spacial score (nSPS) is 25.5. The summed E-state index contributed by atoms with van der Waals surface area (Å²) >= 11 is 0. The van der Waals surface area contributed by atoms with Gasteiger partial charge in [0.1, 0.15) is 19.2 Å². The lowest BCUT2D eigenvalue weighted by Gasteiger charge is -2.28. The molecular formula is C14H14F3N3O2. The maximum Gasteiger partial charge on any atom is 0.416 e. The van der Waals surface area contributed by atoms with E-state index in [0.717, 1.165) is 12.1 Å². The van der Waals surface area contributed by atoms with Crippen molar-refractivity contribution in [3.63, 3.8) is 0 Å². The first-order valence-electron chi connectivity index (χ1n) is 6.71. The van der Waals surface area contributed by atoms with Crippen LogP contribution in [0.3, 0.4) is 0 Å². The molecule has 0 spiro atoms. The number of hydrogen-bond acceptors (Lipinski definition) is 4. The number of aromatic nitrogens is 3. The summed E-state index contributed by atoms with van der Waals surface area (Å²) in [5, 5.41) is 4.00. The topological polar surface area (TPSA) is 49.2 Å². The van der Waals surface area contributed by atoms with Gasteiger partial charge in [0.05, 0.1) is 18.3 Å². The van der Waals surface area contributed by atoms with E-state index in [4.69, 9.17) is 9.47 Å². The second-order valence-electron chi connectivity index (χ2n) is 5.16. The van der Waals surface area contributed by atoms with Gasteiger partial charge in [-0.05, 0) is 19.1 Å². The van der Waals surface area contributed by atoms with E-state index in [9.17, 15) is 13.2 Å². The lowest BCUT2D eigenvalue weighted by atomic mass is 10.0. The molecule has 3 rings (SSSR count). The van der Waals surface area contributed by atoms with Crippen molar-refractivity contribution in [1.29, 1.82) is 0 Å². The van der Waals surface area contributed by atoms with Gasteiger partial charge in [0.15, 0.2) is 0 Å². The van der Waals surface area contributed by atoms with Crippen LogP contribution in [0.4, 0.5) is 13.2 Å². The Bertz CT molecular complexity index is 628. The molecule has 0 amide bonds. The molecule has 0 N–H and O–H groups in total. The molecule has 1 saturated heterocycles. The summed E-state index contributed by atoms with van der Waals surface area (Å²) in [7, 11) is 0. The van der Waals surface area contributed by atoms with E-state index in [-0.39, 0.29) is 12.6 Å². The third-order valence-corrected chi connectivity index (χ3v) is 3.43. The Morgan fingerprint density at radius 3 is 2.55 bits per heavy atom. The van der Waals surface area contributed by atoms with Gasteiger partial charge in [-0.3, -0.25) is 0 Å². The average molecular weight is 313 g/mol. The van der Waals surface area contributed by atoms with E-state index in [1.165, 1.54) is 29.5 Å². The molecule has 0 unspecified atom stereocenters. The van der Waals surface area contributed by atoms with Gasteiger partial charge in [-0.25, -0.2) is 9.67 Å². The van der Waals surface area contributed by atoms with Crippen molar-refractivity contribution in [2.75, 3.05) is 6.61 Å². The molecule has 1 aromatic carbocycles. The third kappa shape index (κ3) is 2.84. The van der Waals surface area contributed by atoms with Gasteiger partial charge in [-0.15, -0.1) is 0 Å². The molecule has 1 fully saturated rings. The Kier molecular flexibility index (Phi) is 3.65. The Morgan fingerprint density at radius 1 is 1.32 bits per heavy atom. The SMILES string of the molecule is C[C@H]1CO[C@@](Cn2cncn2)(c2ccc(C(F)(F)F)cc2)O1. The first kappa shape index (κ1) is 15.0. The smallest absolute Gasteiger partial charge is 0.342 e. The van der Waals surface area contributed by atoms with Crippen LogP contribution in [-0.2, 0) is 28.0 Å². The van der Waals surface area contributed by atoms with Gasteiger partial charge in [0.25, 0.3) is 0 Å². The van der Waals surface area contributed by atoms with Crippen LogP contribution in [0.1, 0.15) is 18.1 Å². The molecule has 2 atom stereocenters. The van der Waals surface area contributed by atoms with Crippen LogP contribution in [0.2, 0.25) is 0 Å². The second-order valence-corrected chi connectivity index (χ2v) is 5.16. The van der Waals surface area contributed by atoms with Gasteiger partial charge in [-0.2, -0.15) is 18.3 Å². The van der Waals surface area contributed by atoms with Crippen LogP contribution in [0.25, 0.3) is 0 Å². The first-order chi connectivity index (χ1) is 10.4. The second kappa shape index (κ2) is 5.36. The van der Waals surface area contributed by atoms with Gasteiger partial charge in [-0.1, -0.05) is 12.1 Å². The molecule has 22 heavy (non-hydrogen) atoms. The summed E-state index contributed by atoms with van der Waals surface area (Å²) in [6.07, 6.45) is -1.66. The fourth-order valence-electron chi connectivity index (χ4n) is 2.41. The molecule has 8 heteroatoms. The highest BCUT2D eigenvalue weighted by molar-refractivity contribution is 5.28.